The van der Waals surface area contributed by atoms with Crippen LogP contribution in [0.2, 0.25) is 5.02 Å². The molecular formula is C32H40ClN3O4S. The summed E-state index contributed by atoms with van der Waals surface area (Å²) in [6, 6.07) is 21.6. The molecule has 0 bridgehead atoms. The molecule has 220 valence electrons. The van der Waals surface area contributed by atoms with Crippen LogP contribution in [0.15, 0.2) is 72.8 Å². The Morgan fingerprint density at radius 2 is 1.61 bits per heavy atom. The highest BCUT2D eigenvalue weighted by Crippen LogP contribution is 2.25. The van der Waals surface area contributed by atoms with Gasteiger partial charge in [0.1, 0.15) is 6.04 Å². The highest BCUT2D eigenvalue weighted by atomic mass is 35.5. The number of carbonyl (C=O) groups is 2. The third-order valence-electron chi connectivity index (χ3n) is 6.73. The molecule has 0 spiro atoms. The molecule has 0 saturated heterocycles. The smallest absolute Gasteiger partial charge is 0.243 e. The Hall–Kier alpha value is -3.36. The first-order valence-electron chi connectivity index (χ1n) is 13.8. The first kappa shape index (κ1) is 32.2. The van der Waals surface area contributed by atoms with Gasteiger partial charge in [0.25, 0.3) is 0 Å². The van der Waals surface area contributed by atoms with Crippen molar-refractivity contribution in [3.8, 4) is 0 Å². The van der Waals surface area contributed by atoms with Crippen LogP contribution < -0.4 is 9.62 Å². The maximum atomic E-state index is 13.9. The number of anilines is 1. The van der Waals surface area contributed by atoms with E-state index in [0.29, 0.717) is 17.1 Å². The number of hydrogen-bond acceptors (Lipinski definition) is 4. The van der Waals surface area contributed by atoms with Crippen molar-refractivity contribution in [2.24, 2.45) is 0 Å². The summed E-state index contributed by atoms with van der Waals surface area (Å²) in [5.41, 5.74) is 4.12. The maximum Gasteiger partial charge on any atom is 0.243 e. The number of hydrogen-bond donors (Lipinski definition) is 1. The van der Waals surface area contributed by atoms with Crippen LogP contribution in [-0.2, 0) is 32.6 Å². The number of aryl methyl sites for hydroxylation is 2. The molecule has 0 aliphatic rings. The van der Waals surface area contributed by atoms with Gasteiger partial charge in [-0.15, -0.1) is 0 Å². The number of nitrogens with zero attached hydrogens (tertiary/aromatic N) is 2. The van der Waals surface area contributed by atoms with E-state index in [2.05, 4.69) is 5.32 Å². The summed E-state index contributed by atoms with van der Waals surface area (Å²) in [5, 5.41) is 3.52. The Kier molecular flexibility index (Phi) is 11.4. The van der Waals surface area contributed by atoms with Gasteiger partial charge in [0, 0.05) is 37.0 Å². The maximum absolute atomic E-state index is 13.9. The molecule has 3 aromatic carbocycles. The van der Waals surface area contributed by atoms with Crippen LogP contribution in [0, 0.1) is 13.8 Å². The Labute approximate surface area is 249 Å². The summed E-state index contributed by atoms with van der Waals surface area (Å²) in [7, 11) is -3.58. The van der Waals surface area contributed by atoms with E-state index in [-0.39, 0.29) is 43.8 Å². The van der Waals surface area contributed by atoms with Gasteiger partial charge in [-0.1, -0.05) is 66.2 Å². The lowest BCUT2D eigenvalue weighted by molar-refractivity contribution is -0.141. The fourth-order valence-electron chi connectivity index (χ4n) is 4.74. The average Bonchev–Trinajstić information content (AvgIpc) is 2.89. The molecule has 0 aliphatic heterocycles. The van der Waals surface area contributed by atoms with E-state index in [0.717, 1.165) is 22.3 Å². The van der Waals surface area contributed by atoms with Gasteiger partial charge in [0.05, 0.1) is 11.9 Å². The molecule has 41 heavy (non-hydrogen) atoms. The SMILES string of the molecule is Cc1ccc(C)c(N(CCCC(=O)N(Cc2cccc(Cl)c2)[C@H](Cc2ccccc2)C(=O)NC(C)C)S(C)(=O)=O)c1. The van der Waals surface area contributed by atoms with E-state index in [1.54, 1.807) is 17.0 Å². The minimum Gasteiger partial charge on any atom is -0.352 e. The molecule has 1 atom stereocenters. The predicted molar refractivity (Wildman–Crippen MR) is 167 cm³/mol. The van der Waals surface area contributed by atoms with Crippen LogP contribution in [0.3, 0.4) is 0 Å². The number of sulfonamides is 1. The van der Waals surface area contributed by atoms with E-state index < -0.39 is 16.1 Å². The Morgan fingerprint density at radius 3 is 2.24 bits per heavy atom. The normalized spacial score (nSPS) is 12.2. The number of nitrogens with one attached hydrogen (secondary N) is 1. The predicted octanol–water partition coefficient (Wildman–Crippen LogP) is 5.67. The quantitative estimate of drug-likeness (QED) is 0.275. The molecule has 0 unspecified atom stereocenters. The van der Waals surface area contributed by atoms with Crippen molar-refractivity contribution in [2.75, 3.05) is 17.1 Å². The molecule has 1 N–H and O–H groups in total. The standard InChI is InChI=1S/C32H40ClN3O4S/c1-23(2)34-32(38)30(21-26-11-7-6-8-12-26)35(22-27-13-9-14-28(33)20-27)31(37)15-10-18-36(41(5,39)40)29-19-24(3)16-17-25(29)4/h6-9,11-14,16-17,19-20,23,30H,10,15,18,21-22H2,1-5H3,(H,34,38)/t30-/m1/s1. The van der Waals surface area contributed by atoms with E-state index in [1.807, 2.05) is 88.4 Å². The largest absolute Gasteiger partial charge is 0.352 e. The molecule has 0 aliphatic carbocycles. The zero-order valence-corrected chi connectivity index (χ0v) is 26.0. The zero-order valence-electron chi connectivity index (χ0n) is 24.4. The second-order valence-corrected chi connectivity index (χ2v) is 13.1. The van der Waals surface area contributed by atoms with Crippen LogP contribution in [0.1, 0.15) is 48.9 Å². The minimum atomic E-state index is -3.58. The fourth-order valence-corrected chi connectivity index (χ4v) is 5.96. The van der Waals surface area contributed by atoms with Crippen molar-refractivity contribution >= 4 is 39.1 Å². The summed E-state index contributed by atoms with van der Waals surface area (Å²) in [6.45, 7) is 7.87. The van der Waals surface area contributed by atoms with Gasteiger partial charge in [-0.25, -0.2) is 8.42 Å². The van der Waals surface area contributed by atoms with Gasteiger partial charge >= 0.3 is 0 Å². The van der Waals surface area contributed by atoms with Gasteiger partial charge in [-0.3, -0.25) is 13.9 Å². The molecular weight excluding hydrogens is 558 g/mol. The van der Waals surface area contributed by atoms with Crippen molar-refractivity contribution in [3.05, 3.63) is 100 Å². The lowest BCUT2D eigenvalue weighted by Crippen LogP contribution is -2.51. The third kappa shape index (κ3) is 9.61. The summed E-state index contributed by atoms with van der Waals surface area (Å²) in [4.78, 5) is 29.0. The average molecular weight is 598 g/mol. The fraction of sp³-hybridized carbons (Fsp3) is 0.375. The summed E-state index contributed by atoms with van der Waals surface area (Å²) in [5.74, 6) is -0.480. The number of carbonyl (C=O) groups excluding carboxylic acids is 2. The van der Waals surface area contributed by atoms with Crippen molar-refractivity contribution in [2.45, 2.75) is 65.6 Å². The van der Waals surface area contributed by atoms with Gasteiger partial charge in [0.15, 0.2) is 0 Å². The molecule has 0 fully saturated rings. The van der Waals surface area contributed by atoms with Gasteiger partial charge in [-0.05, 0) is 74.6 Å². The highest BCUT2D eigenvalue weighted by molar-refractivity contribution is 7.92. The Balaban J connectivity index is 1.90. The number of rotatable bonds is 13. The lowest BCUT2D eigenvalue weighted by Gasteiger charge is -2.32. The summed E-state index contributed by atoms with van der Waals surface area (Å²) >= 11 is 6.25. The van der Waals surface area contributed by atoms with Crippen LogP contribution >= 0.6 is 11.6 Å². The molecule has 2 amide bonds. The van der Waals surface area contributed by atoms with E-state index in [9.17, 15) is 18.0 Å². The summed E-state index contributed by atoms with van der Waals surface area (Å²) < 4.78 is 26.9. The van der Waals surface area contributed by atoms with E-state index >= 15 is 0 Å². The second kappa shape index (κ2) is 14.5. The first-order valence-corrected chi connectivity index (χ1v) is 16.0. The van der Waals surface area contributed by atoms with Crippen molar-refractivity contribution in [1.82, 2.24) is 10.2 Å². The van der Waals surface area contributed by atoms with Crippen molar-refractivity contribution < 1.29 is 18.0 Å². The van der Waals surface area contributed by atoms with Crippen LogP contribution in [-0.4, -0.2) is 50.0 Å². The van der Waals surface area contributed by atoms with Gasteiger partial charge in [-0.2, -0.15) is 0 Å². The molecule has 0 saturated carbocycles. The summed E-state index contributed by atoms with van der Waals surface area (Å²) in [6.07, 6.45) is 1.87. The first-order chi connectivity index (χ1) is 19.3. The van der Waals surface area contributed by atoms with Crippen LogP contribution in [0.5, 0.6) is 0 Å². The highest BCUT2D eigenvalue weighted by Gasteiger charge is 2.31. The van der Waals surface area contributed by atoms with Crippen molar-refractivity contribution in [3.63, 3.8) is 0 Å². The van der Waals surface area contributed by atoms with E-state index in [4.69, 9.17) is 11.6 Å². The van der Waals surface area contributed by atoms with Crippen molar-refractivity contribution in [1.29, 1.82) is 0 Å². The van der Waals surface area contributed by atoms with Crippen LogP contribution in [0.25, 0.3) is 0 Å². The number of amides is 2. The number of benzene rings is 3. The molecule has 3 rings (SSSR count). The molecule has 9 heteroatoms. The minimum absolute atomic E-state index is 0.0672. The van der Waals surface area contributed by atoms with Gasteiger partial charge < -0.3 is 10.2 Å². The molecule has 0 aromatic heterocycles. The third-order valence-corrected chi connectivity index (χ3v) is 8.14. The van der Waals surface area contributed by atoms with Gasteiger partial charge in [0.2, 0.25) is 21.8 Å². The van der Waals surface area contributed by atoms with Crippen LogP contribution in [0.4, 0.5) is 5.69 Å². The zero-order chi connectivity index (χ0) is 30.2. The lowest BCUT2D eigenvalue weighted by atomic mass is 10.0. The molecule has 7 nitrogen and oxygen atoms in total. The molecule has 3 aromatic rings. The topological polar surface area (TPSA) is 86.8 Å². The molecule has 0 heterocycles. The van der Waals surface area contributed by atoms with E-state index in [1.165, 1.54) is 10.6 Å². The number of halogens is 1. The monoisotopic (exact) mass is 597 g/mol. The Morgan fingerprint density at radius 1 is 0.927 bits per heavy atom. The second-order valence-electron chi connectivity index (χ2n) is 10.7. The Bertz CT molecular complexity index is 1440. The molecule has 0 radical (unpaired) electrons.